The third-order valence-corrected chi connectivity index (χ3v) is 1.87. The topological polar surface area (TPSA) is 63.4 Å². The highest BCUT2D eigenvalue weighted by Crippen LogP contribution is 2.22. The number of hydrogen-bond acceptors (Lipinski definition) is 4. The van der Waals surface area contributed by atoms with Crippen LogP contribution in [0.3, 0.4) is 0 Å². The van der Waals surface area contributed by atoms with Crippen molar-refractivity contribution in [1.29, 1.82) is 0 Å². The lowest BCUT2D eigenvalue weighted by molar-refractivity contribution is -0.385. The predicted octanol–water partition coefficient (Wildman–Crippen LogP) is 1.15. The summed E-state index contributed by atoms with van der Waals surface area (Å²) < 4.78 is 0. The first-order valence-electron chi connectivity index (χ1n) is 2.56. The van der Waals surface area contributed by atoms with E-state index in [2.05, 4.69) is 0 Å². The first kappa shape index (κ1) is 7.17. The second kappa shape index (κ2) is 2.76. The fraction of sp³-hybridized carbons (Fsp3) is 0.200. The smallest absolute Gasteiger partial charge is 0.285 e. The zero-order valence-corrected chi connectivity index (χ0v) is 5.80. The first-order chi connectivity index (χ1) is 4.75. The van der Waals surface area contributed by atoms with E-state index in [1.165, 1.54) is 16.7 Å². The summed E-state index contributed by atoms with van der Waals surface area (Å²) in [4.78, 5) is 9.64. The normalized spacial score (nSPS) is 9.70. The molecular formula is C5H5NO3S. The van der Waals surface area contributed by atoms with Gasteiger partial charge in [0.25, 0.3) is 5.69 Å². The highest BCUT2D eigenvalue weighted by molar-refractivity contribution is 7.08. The number of aliphatic hydroxyl groups excluding tert-OH is 1. The van der Waals surface area contributed by atoms with E-state index in [0.29, 0.717) is 5.56 Å². The molecule has 1 rings (SSSR count). The van der Waals surface area contributed by atoms with Crippen molar-refractivity contribution in [3.05, 3.63) is 26.4 Å². The zero-order chi connectivity index (χ0) is 7.56. The minimum Gasteiger partial charge on any atom is -0.391 e. The Morgan fingerprint density at radius 1 is 1.70 bits per heavy atom. The summed E-state index contributed by atoms with van der Waals surface area (Å²) in [6.45, 7) is -0.264. The molecule has 1 N–H and O–H groups in total. The van der Waals surface area contributed by atoms with E-state index >= 15 is 0 Å². The van der Waals surface area contributed by atoms with Gasteiger partial charge in [-0.15, -0.1) is 11.3 Å². The van der Waals surface area contributed by atoms with Gasteiger partial charge in [-0.25, -0.2) is 0 Å². The van der Waals surface area contributed by atoms with Gasteiger partial charge < -0.3 is 5.11 Å². The van der Waals surface area contributed by atoms with Crippen LogP contribution in [-0.4, -0.2) is 10.0 Å². The number of aliphatic hydroxyl groups is 1. The quantitative estimate of drug-likeness (QED) is 0.520. The molecule has 0 amide bonds. The third kappa shape index (κ3) is 1.14. The SMILES string of the molecule is O=[N+]([O-])c1cscc1CO. The van der Waals surface area contributed by atoms with E-state index in [1.807, 2.05) is 0 Å². The van der Waals surface area contributed by atoms with E-state index in [1.54, 1.807) is 5.38 Å². The van der Waals surface area contributed by atoms with Gasteiger partial charge in [0.15, 0.2) is 0 Å². The number of rotatable bonds is 2. The van der Waals surface area contributed by atoms with Crippen LogP contribution in [0.5, 0.6) is 0 Å². The van der Waals surface area contributed by atoms with E-state index in [4.69, 9.17) is 5.11 Å². The average molecular weight is 159 g/mol. The second-order valence-electron chi connectivity index (χ2n) is 1.70. The largest absolute Gasteiger partial charge is 0.391 e. The monoisotopic (exact) mass is 159 g/mol. The number of nitrogens with zero attached hydrogens (tertiary/aromatic N) is 1. The van der Waals surface area contributed by atoms with Gasteiger partial charge in [0.2, 0.25) is 0 Å². The molecule has 0 aliphatic carbocycles. The Labute approximate surface area is 60.9 Å². The highest BCUT2D eigenvalue weighted by Gasteiger charge is 2.12. The molecule has 0 aliphatic rings. The Hall–Kier alpha value is -0.940. The molecule has 0 spiro atoms. The molecule has 4 nitrogen and oxygen atoms in total. The van der Waals surface area contributed by atoms with Crippen LogP contribution in [0.15, 0.2) is 10.8 Å². The van der Waals surface area contributed by atoms with Crippen LogP contribution in [0, 0.1) is 10.1 Å². The molecule has 0 unspecified atom stereocenters. The lowest BCUT2D eigenvalue weighted by Gasteiger charge is -1.87. The van der Waals surface area contributed by atoms with Crippen LogP contribution in [0.4, 0.5) is 5.69 Å². The Morgan fingerprint density at radius 3 is 2.80 bits per heavy atom. The van der Waals surface area contributed by atoms with Crippen molar-refractivity contribution in [1.82, 2.24) is 0 Å². The molecule has 0 aliphatic heterocycles. The van der Waals surface area contributed by atoms with Crippen molar-refractivity contribution in [2.24, 2.45) is 0 Å². The number of hydrogen-bond donors (Lipinski definition) is 1. The molecule has 0 bridgehead atoms. The third-order valence-electron chi connectivity index (χ3n) is 1.09. The van der Waals surface area contributed by atoms with Crippen molar-refractivity contribution < 1.29 is 10.0 Å². The summed E-state index contributed by atoms with van der Waals surface area (Å²) in [7, 11) is 0. The van der Waals surface area contributed by atoms with Crippen molar-refractivity contribution >= 4 is 17.0 Å². The lowest BCUT2D eigenvalue weighted by atomic mass is 10.3. The Balaban J connectivity index is 3.01. The maximum Gasteiger partial charge on any atom is 0.285 e. The summed E-state index contributed by atoms with van der Waals surface area (Å²) >= 11 is 1.22. The number of nitro groups is 1. The second-order valence-corrected chi connectivity index (χ2v) is 2.44. The number of thiophene rings is 1. The molecule has 1 aromatic rings. The van der Waals surface area contributed by atoms with Crippen LogP contribution in [-0.2, 0) is 6.61 Å². The molecule has 1 aromatic heterocycles. The molecule has 0 aromatic carbocycles. The van der Waals surface area contributed by atoms with Gasteiger partial charge >= 0.3 is 0 Å². The standard InChI is InChI=1S/C5H5NO3S/c7-1-4-2-10-3-5(4)6(8)9/h2-3,7H,1H2. The maximum absolute atomic E-state index is 10.1. The van der Waals surface area contributed by atoms with Crippen molar-refractivity contribution in [3.8, 4) is 0 Å². The minimum absolute atomic E-state index is 0.00694. The maximum atomic E-state index is 10.1. The van der Waals surface area contributed by atoms with Crippen LogP contribution < -0.4 is 0 Å². The lowest BCUT2D eigenvalue weighted by Crippen LogP contribution is -1.90. The molecule has 0 saturated heterocycles. The molecule has 0 radical (unpaired) electrons. The van der Waals surface area contributed by atoms with Crippen LogP contribution in [0.25, 0.3) is 0 Å². The molecule has 0 saturated carbocycles. The zero-order valence-electron chi connectivity index (χ0n) is 4.98. The fourth-order valence-corrected chi connectivity index (χ4v) is 1.39. The van der Waals surface area contributed by atoms with E-state index in [0.717, 1.165) is 0 Å². The molecule has 1 heterocycles. The molecule has 54 valence electrons. The highest BCUT2D eigenvalue weighted by atomic mass is 32.1. The van der Waals surface area contributed by atoms with Gasteiger partial charge in [-0.05, 0) is 0 Å². The van der Waals surface area contributed by atoms with E-state index in [9.17, 15) is 10.1 Å². The fourth-order valence-electron chi connectivity index (χ4n) is 0.595. The molecule has 10 heavy (non-hydrogen) atoms. The molecular weight excluding hydrogens is 154 g/mol. The van der Waals surface area contributed by atoms with Gasteiger partial charge in [-0.2, -0.15) is 0 Å². The molecule has 0 fully saturated rings. The van der Waals surface area contributed by atoms with E-state index < -0.39 is 4.92 Å². The van der Waals surface area contributed by atoms with Gasteiger partial charge in [-0.1, -0.05) is 0 Å². The van der Waals surface area contributed by atoms with Gasteiger partial charge in [0.1, 0.15) is 0 Å². The van der Waals surface area contributed by atoms with Crippen molar-refractivity contribution in [2.75, 3.05) is 0 Å². The summed E-state index contributed by atoms with van der Waals surface area (Å²) in [5, 5.41) is 21.7. The Bertz CT molecular complexity index is 245. The molecule has 0 atom stereocenters. The Morgan fingerprint density at radius 2 is 2.40 bits per heavy atom. The molecule has 5 heteroatoms. The minimum atomic E-state index is -0.498. The van der Waals surface area contributed by atoms with Gasteiger partial charge in [0, 0.05) is 5.38 Å². The summed E-state index contributed by atoms with van der Waals surface area (Å²) in [6, 6.07) is 0. The average Bonchev–Trinajstić information content (AvgIpc) is 2.33. The van der Waals surface area contributed by atoms with Crippen LogP contribution in [0.1, 0.15) is 5.56 Å². The summed E-state index contributed by atoms with van der Waals surface area (Å²) in [5.74, 6) is 0. The van der Waals surface area contributed by atoms with Crippen LogP contribution >= 0.6 is 11.3 Å². The van der Waals surface area contributed by atoms with Gasteiger partial charge in [-0.3, -0.25) is 10.1 Å². The van der Waals surface area contributed by atoms with Crippen LogP contribution in [0.2, 0.25) is 0 Å². The van der Waals surface area contributed by atoms with Crippen molar-refractivity contribution in [2.45, 2.75) is 6.61 Å². The summed E-state index contributed by atoms with van der Waals surface area (Å²) in [5.41, 5.74) is 0.391. The predicted molar refractivity (Wildman–Crippen MR) is 36.9 cm³/mol. The van der Waals surface area contributed by atoms with E-state index in [-0.39, 0.29) is 12.3 Å². The summed E-state index contributed by atoms with van der Waals surface area (Å²) in [6.07, 6.45) is 0. The van der Waals surface area contributed by atoms with Crippen molar-refractivity contribution in [3.63, 3.8) is 0 Å². The first-order valence-corrected chi connectivity index (χ1v) is 3.50. The Kier molecular flexibility index (Phi) is 1.98. The van der Waals surface area contributed by atoms with Gasteiger partial charge in [0.05, 0.1) is 22.5 Å².